The molecule has 3 heteroatoms. The molecule has 0 aliphatic carbocycles. The van der Waals surface area contributed by atoms with E-state index >= 15 is 0 Å². The van der Waals surface area contributed by atoms with Crippen LogP contribution in [0.4, 0.5) is 0 Å². The third-order valence-corrected chi connectivity index (χ3v) is 5.83. The number of methoxy groups -OCH3 is 1. The average molecular weight is 250 g/mol. The van der Waals surface area contributed by atoms with Crippen LogP contribution in [0, 0.1) is 12.3 Å². The Morgan fingerprint density at radius 3 is 2.44 bits per heavy atom. The van der Waals surface area contributed by atoms with Gasteiger partial charge >= 0.3 is 0 Å². The van der Waals surface area contributed by atoms with Crippen LogP contribution in [0.1, 0.15) is 11.1 Å². The van der Waals surface area contributed by atoms with Gasteiger partial charge in [-0.05, 0) is 11.1 Å². The lowest BCUT2D eigenvalue weighted by Crippen LogP contribution is -2.11. The van der Waals surface area contributed by atoms with E-state index in [1.165, 1.54) is 11.1 Å². The van der Waals surface area contributed by atoms with Crippen molar-refractivity contribution in [2.45, 2.75) is 10.7 Å². The van der Waals surface area contributed by atoms with Gasteiger partial charge in [0, 0.05) is 18.6 Å². The monoisotopic (exact) mass is 250 g/mol. The van der Waals surface area contributed by atoms with Gasteiger partial charge in [0.2, 0.25) is 0 Å². The summed E-state index contributed by atoms with van der Waals surface area (Å²) in [6.45, 7) is 0.656. The Morgan fingerprint density at radius 2 is 1.94 bits per heavy atom. The fourth-order valence-electron chi connectivity index (χ4n) is 1.73. The zero-order valence-corrected chi connectivity index (χ0v) is 10.9. The first-order valence-electron chi connectivity index (χ1n) is 5.15. The Morgan fingerprint density at radius 1 is 1.31 bits per heavy atom. The largest absolute Gasteiger partial charge is 0.380 e. The summed E-state index contributed by atoms with van der Waals surface area (Å²) in [4.78, 5) is 0. The Kier molecular flexibility index (Phi) is 3.86. The summed E-state index contributed by atoms with van der Waals surface area (Å²) >= 11 is 3.72. The summed E-state index contributed by atoms with van der Waals surface area (Å²) in [6.07, 6.45) is 5.68. The number of hydrogen-bond donors (Lipinski definition) is 0. The molecule has 0 N–H and O–H groups in total. The number of benzene rings is 1. The van der Waals surface area contributed by atoms with E-state index in [1.54, 1.807) is 7.11 Å². The number of ether oxygens (including phenoxy) is 1. The lowest BCUT2D eigenvalue weighted by Gasteiger charge is -2.21. The molecule has 1 fully saturated rings. The third kappa shape index (κ3) is 2.24. The summed E-state index contributed by atoms with van der Waals surface area (Å²) in [5, 5.41) is 0. The van der Waals surface area contributed by atoms with Gasteiger partial charge in [0.15, 0.2) is 0 Å². The topological polar surface area (TPSA) is 9.23 Å². The smallest absolute Gasteiger partial charge is 0.147 e. The number of thioether (sulfide) groups is 2. The number of terminal acetylenes is 1. The number of hydrogen-bond acceptors (Lipinski definition) is 3. The van der Waals surface area contributed by atoms with E-state index in [2.05, 4.69) is 30.2 Å². The predicted molar refractivity (Wildman–Crippen MR) is 72.6 cm³/mol. The maximum Gasteiger partial charge on any atom is 0.147 e. The summed E-state index contributed by atoms with van der Waals surface area (Å²) in [7, 11) is 1.71. The van der Waals surface area contributed by atoms with Crippen LogP contribution >= 0.6 is 23.5 Å². The van der Waals surface area contributed by atoms with E-state index in [-0.39, 0.29) is 4.08 Å². The highest BCUT2D eigenvalue weighted by Gasteiger charge is 2.35. The van der Waals surface area contributed by atoms with E-state index in [1.807, 2.05) is 23.5 Å². The molecular weight excluding hydrogens is 236 g/mol. The minimum absolute atomic E-state index is 0.161. The lowest BCUT2D eigenvalue weighted by atomic mass is 10.1. The second-order valence-corrected chi connectivity index (χ2v) is 6.46. The van der Waals surface area contributed by atoms with Crippen LogP contribution < -0.4 is 0 Å². The highest BCUT2D eigenvalue weighted by molar-refractivity contribution is 8.20. The summed E-state index contributed by atoms with van der Waals surface area (Å²) in [5.74, 6) is 5.21. The zero-order chi connectivity index (χ0) is 11.4. The van der Waals surface area contributed by atoms with Crippen LogP contribution in [-0.4, -0.2) is 18.6 Å². The van der Waals surface area contributed by atoms with Crippen molar-refractivity contribution in [3.05, 3.63) is 35.4 Å². The van der Waals surface area contributed by atoms with Crippen molar-refractivity contribution < 1.29 is 4.74 Å². The highest BCUT2D eigenvalue weighted by atomic mass is 32.2. The van der Waals surface area contributed by atoms with Gasteiger partial charge in [-0.25, -0.2) is 0 Å². The summed E-state index contributed by atoms with van der Waals surface area (Å²) in [6, 6.07) is 8.44. The van der Waals surface area contributed by atoms with Gasteiger partial charge in [-0.1, -0.05) is 30.2 Å². The van der Waals surface area contributed by atoms with Gasteiger partial charge in [0.25, 0.3) is 0 Å². The molecule has 0 saturated carbocycles. The normalized spacial score (nSPS) is 18.2. The van der Waals surface area contributed by atoms with Gasteiger partial charge in [-0.2, -0.15) is 0 Å². The Balaban J connectivity index is 2.23. The molecule has 1 saturated heterocycles. The fraction of sp³-hybridized carbons (Fsp3) is 0.385. The molecule has 2 rings (SSSR count). The van der Waals surface area contributed by atoms with Crippen LogP contribution in [0.2, 0.25) is 0 Å². The molecular formula is C13H14OS2. The molecule has 0 atom stereocenters. The first kappa shape index (κ1) is 11.9. The van der Waals surface area contributed by atoms with E-state index < -0.39 is 0 Å². The van der Waals surface area contributed by atoms with Crippen LogP contribution in [0.15, 0.2) is 24.3 Å². The quantitative estimate of drug-likeness (QED) is 0.763. The minimum Gasteiger partial charge on any atom is -0.380 e. The predicted octanol–water partition coefficient (Wildman–Crippen LogP) is 3.10. The molecule has 1 aliphatic heterocycles. The van der Waals surface area contributed by atoms with Crippen molar-refractivity contribution in [2.75, 3.05) is 18.6 Å². The molecule has 0 amide bonds. The molecule has 84 valence electrons. The van der Waals surface area contributed by atoms with Gasteiger partial charge in [0.05, 0.1) is 6.61 Å². The Labute approximate surface area is 105 Å². The summed E-state index contributed by atoms with van der Waals surface area (Å²) < 4.78 is 4.93. The van der Waals surface area contributed by atoms with Crippen molar-refractivity contribution in [1.29, 1.82) is 0 Å². The van der Waals surface area contributed by atoms with Gasteiger partial charge in [0.1, 0.15) is 4.08 Å². The average Bonchev–Trinajstić information content (AvgIpc) is 2.80. The first-order valence-corrected chi connectivity index (χ1v) is 7.12. The third-order valence-electron chi connectivity index (χ3n) is 2.53. The van der Waals surface area contributed by atoms with Crippen molar-refractivity contribution in [1.82, 2.24) is 0 Å². The van der Waals surface area contributed by atoms with Crippen LogP contribution in [0.3, 0.4) is 0 Å². The minimum atomic E-state index is -0.161. The van der Waals surface area contributed by atoms with Gasteiger partial charge < -0.3 is 4.74 Å². The maximum atomic E-state index is 5.68. The molecule has 1 aromatic rings. The zero-order valence-electron chi connectivity index (χ0n) is 9.23. The molecule has 0 bridgehead atoms. The highest BCUT2D eigenvalue weighted by Crippen LogP contribution is 2.51. The Hall–Kier alpha value is -0.560. The second kappa shape index (κ2) is 5.18. The van der Waals surface area contributed by atoms with Crippen molar-refractivity contribution in [2.24, 2.45) is 0 Å². The molecule has 16 heavy (non-hydrogen) atoms. The van der Waals surface area contributed by atoms with E-state index in [4.69, 9.17) is 11.2 Å². The maximum absolute atomic E-state index is 5.68. The van der Waals surface area contributed by atoms with Gasteiger partial charge in [-0.15, -0.1) is 29.9 Å². The van der Waals surface area contributed by atoms with E-state index in [0.29, 0.717) is 6.61 Å². The van der Waals surface area contributed by atoms with Gasteiger partial charge in [-0.3, -0.25) is 0 Å². The SMILES string of the molecule is C#CC1(c2ccc(COC)cc2)SCCS1. The van der Waals surface area contributed by atoms with Crippen molar-refractivity contribution in [3.63, 3.8) is 0 Å². The molecule has 1 heterocycles. The van der Waals surface area contributed by atoms with E-state index in [9.17, 15) is 0 Å². The molecule has 1 aromatic carbocycles. The fourth-order valence-corrected chi connectivity index (χ4v) is 4.58. The summed E-state index contributed by atoms with van der Waals surface area (Å²) in [5.41, 5.74) is 2.41. The standard InChI is InChI=1S/C13H14OS2/c1-3-13(15-8-9-16-13)12-6-4-11(5-7-12)10-14-2/h1,4-7H,8-10H2,2H3. The molecule has 0 spiro atoms. The van der Waals surface area contributed by atoms with Crippen LogP contribution in [0.5, 0.6) is 0 Å². The molecule has 1 nitrogen and oxygen atoms in total. The van der Waals surface area contributed by atoms with Crippen molar-refractivity contribution in [3.8, 4) is 12.3 Å². The molecule has 1 aliphatic rings. The Bertz CT molecular complexity index is 385. The number of rotatable bonds is 3. The molecule has 0 radical (unpaired) electrons. The second-order valence-electron chi connectivity index (χ2n) is 3.59. The van der Waals surface area contributed by atoms with Crippen LogP contribution in [-0.2, 0) is 15.4 Å². The first-order chi connectivity index (χ1) is 7.80. The van der Waals surface area contributed by atoms with Crippen LogP contribution in [0.25, 0.3) is 0 Å². The lowest BCUT2D eigenvalue weighted by molar-refractivity contribution is 0.185. The molecule has 0 unspecified atom stereocenters. The van der Waals surface area contributed by atoms with E-state index in [0.717, 1.165) is 11.5 Å². The molecule has 0 aromatic heterocycles. The van der Waals surface area contributed by atoms with Crippen molar-refractivity contribution >= 4 is 23.5 Å².